The van der Waals surface area contributed by atoms with E-state index in [-0.39, 0.29) is 6.10 Å². The Labute approximate surface area is 170 Å². The minimum Gasteiger partial charge on any atom is -0.466 e. The molecule has 3 aromatic heterocycles. The molecule has 0 radical (unpaired) electrons. The maximum atomic E-state index is 6.25. The number of hydrogen-bond donors (Lipinski definition) is 0. The summed E-state index contributed by atoms with van der Waals surface area (Å²) in [6.45, 7) is 1.08. The van der Waals surface area contributed by atoms with Crippen LogP contribution >= 0.6 is 11.6 Å². The smallest absolute Gasteiger partial charge is 0.238 e. The highest BCUT2D eigenvalue weighted by molar-refractivity contribution is 6.31. The molecule has 142 valence electrons. The second-order valence-electron chi connectivity index (χ2n) is 6.89. The molecule has 29 heavy (non-hydrogen) atoms. The summed E-state index contributed by atoms with van der Waals surface area (Å²) in [5.74, 6) is 1.30. The largest absolute Gasteiger partial charge is 0.466 e. The normalized spacial score (nSPS) is 17.0. The van der Waals surface area contributed by atoms with Gasteiger partial charge in [0.1, 0.15) is 24.5 Å². The molecule has 2 aliphatic rings. The van der Waals surface area contributed by atoms with Gasteiger partial charge in [-0.05, 0) is 24.3 Å². The third-order valence-electron chi connectivity index (χ3n) is 5.17. The second-order valence-corrected chi connectivity index (χ2v) is 7.33. The Bertz CT molecular complexity index is 1260. The van der Waals surface area contributed by atoms with Gasteiger partial charge in [-0.25, -0.2) is 9.98 Å². The van der Waals surface area contributed by atoms with Crippen LogP contribution in [-0.2, 0) is 11.3 Å². The zero-order valence-corrected chi connectivity index (χ0v) is 15.9. The maximum absolute atomic E-state index is 6.25. The van der Waals surface area contributed by atoms with Crippen molar-refractivity contribution in [2.24, 2.45) is 4.99 Å². The van der Waals surface area contributed by atoms with Crippen molar-refractivity contribution >= 4 is 17.5 Å². The van der Waals surface area contributed by atoms with E-state index in [9.17, 15) is 0 Å². The third-order valence-corrected chi connectivity index (χ3v) is 5.41. The second kappa shape index (κ2) is 6.25. The number of fused-ring (bicyclic) bond motifs is 5. The number of benzene rings is 1. The number of halogens is 1. The summed E-state index contributed by atoms with van der Waals surface area (Å²) in [6.07, 6.45) is 6.90. The molecular formula is C20H14ClN7O. The summed E-state index contributed by atoms with van der Waals surface area (Å²) in [6, 6.07) is 9.61. The summed E-state index contributed by atoms with van der Waals surface area (Å²) in [7, 11) is 0. The Hall–Kier alpha value is -3.52. The zero-order chi connectivity index (χ0) is 19.4. The van der Waals surface area contributed by atoms with Crippen molar-refractivity contribution in [3.63, 3.8) is 0 Å². The summed E-state index contributed by atoms with van der Waals surface area (Å²) in [5, 5.41) is 9.02. The molecule has 0 N–H and O–H groups in total. The number of ether oxygens (including phenoxy) is 1. The lowest BCUT2D eigenvalue weighted by molar-refractivity contribution is 0.229. The molecule has 0 aliphatic carbocycles. The number of aliphatic imine (C=N–C) groups is 1. The fourth-order valence-corrected chi connectivity index (χ4v) is 3.97. The van der Waals surface area contributed by atoms with Gasteiger partial charge >= 0.3 is 0 Å². The Balaban J connectivity index is 1.44. The molecule has 1 aromatic carbocycles. The quantitative estimate of drug-likeness (QED) is 0.452. The third kappa shape index (κ3) is 2.56. The van der Waals surface area contributed by atoms with Crippen LogP contribution in [0.5, 0.6) is 0 Å². The van der Waals surface area contributed by atoms with Gasteiger partial charge < -0.3 is 9.30 Å². The predicted molar refractivity (Wildman–Crippen MR) is 106 cm³/mol. The Kier molecular flexibility index (Phi) is 3.54. The molecule has 9 heteroatoms. The van der Waals surface area contributed by atoms with E-state index in [1.54, 1.807) is 25.0 Å². The van der Waals surface area contributed by atoms with Gasteiger partial charge in [0.15, 0.2) is 5.82 Å². The van der Waals surface area contributed by atoms with Crippen LogP contribution in [0.3, 0.4) is 0 Å². The van der Waals surface area contributed by atoms with Crippen LogP contribution in [0, 0.1) is 0 Å². The molecule has 0 saturated carbocycles. The summed E-state index contributed by atoms with van der Waals surface area (Å²) < 4.78 is 10.2. The number of imidazole rings is 1. The first kappa shape index (κ1) is 16.4. The number of rotatable bonds is 2. The van der Waals surface area contributed by atoms with Crippen molar-refractivity contribution in [2.45, 2.75) is 12.6 Å². The van der Waals surface area contributed by atoms with E-state index in [4.69, 9.17) is 16.3 Å². The van der Waals surface area contributed by atoms with Gasteiger partial charge in [0.25, 0.3) is 0 Å². The molecule has 0 fully saturated rings. The first-order chi connectivity index (χ1) is 14.3. The molecule has 6 rings (SSSR count). The molecule has 0 spiro atoms. The van der Waals surface area contributed by atoms with Gasteiger partial charge in [-0.1, -0.05) is 17.7 Å². The average Bonchev–Trinajstić information content (AvgIpc) is 3.48. The topological polar surface area (TPSA) is 83.0 Å². The van der Waals surface area contributed by atoms with Crippen LogP contribution < -0.4 is 0 Å². The van der Waals surface area contributed by atoms with Gasteiger partial charge in [0, 0.05) is 28.5 Å². The van der Waals surface area contributed by atoms with E-state index in [0.29, 0.717) is 24.0 Å². The Morgan fingerprint density at radius 3 is 3.03 bits per heavy atom. The van der Waals surface area contributed by atoms with Gasteiger partial charge in [0.2, 0.25) is 5.90 Å². The first-order valence-electron chi connectivity index (χ1n) is 9.13. The lowest BCUT2D eigenvalue weighted by Crippen LogP contribution is -2.12. The van der Waals surface area contributed by atoms with Crippen molar-refractivity contribution in [3.05, 3.63) is 77.4 Å². The van der Waals surface area contributed by atoms with Crippen molar-refractivity contribution < 1.29 is 4.74 Å². The predicted octanol–water partition coefficient (Wildman–Crippen LogP) is 3.06. The lowest BCUT2D eigenvalue weighted by atomic mass is 10.1. The number of pyridine rings is 1. The molecule has 0 amide bonds. The SMILES string of the molecule is Clc1ccc2c(c1)-c1nncn1Cc1c(C3=NCC(c4cccnc4)O3)ncn1-2. The average molecular weight is 404 g/mol. The van der Waals surface area contributed by atoms with E-state index >= 15 is 0 Å². The van der Waals surface area contributed by atoms with E-state index in [1.165, 1.54) is 0 Å². The van der Waals surface area contributed by atoms with Crippen LogP contribution in [0.25, 0.3) is 17.1 Å². The highest BCUT2D eigenvalue weighted by atomic mass is 35.5. The van der Waals surface area contributed by atoms with Gasteiger partial charge in [-0.2, -0.15) is 0 Å². The van der Waals surface area contributed by atoms with Crippen molar-refractivity contribution in [1.29, 1.82) is 0 Å². The van der Waals surface area contributed by atoms with Gasteiger partial charge in [0.05, 0.1) is 24.5 Å². The molecule has 1 atom stereocenters. The van der Waals surface area contributed by atoms with Crippen molar-refractivity contribution in [1.82, 2.24) is 29.3 Å². The fourth-order valence-electron chi connectivity index (χ4n) is 3.79. The lowest BCUT2D eigenvalue weighted by Gasteiger charge is -2.12. The standard InChI is InChI=1S/C20H14ClN7O/c21-13-3-4-15-14(6-13)19-26-25-11-27(19)9-16-18(24-10-28(15)16)20-23-8-17(29-20)12-2-1-5-22-7-12/h1-7,10-11,17H,8-9H2. The number of nitrogens with zero attached hydrogens (tertiary/aromatic N) is 7. The molecule has 8 nitrogen and oxygen atoms in total. The van der Waals surface area contributed by atoms with E-state index in [2.05, 4.69) is 25.2 Å². The van der Waals surface area contributed by atoms with E-state index in [0.717, 1.165) is 34.0 Å². The fraction of sp³-hybridized carbons (Fsp3) is 0.150. The van der Waals surface area contributed by atoms with Crippen molar-refractivity contribution in [3.8, 4) is 17.1 Å². The highest BCUT2D eigenvalue weighted by Gasteiger charge is 2.30. The van der Waals surface area contributed by atoms with Crippen LogP contribution in [0.15, 0.2) is 60.4 Å². The molecule has 0 bridgehead atoms. The summed E-state index contributed by atoms with van der Waals surface area (Å²) in [5.41, 5.74) is 4.52. The van der Waals surface area contributed by atoms with Crippen LogP contribution in [-0.4, -0.2) is 41.7 Å². The minimum absolute atomic E-state index is 0.154. The molecule has 4 aromatic rings. The number of hydrogen-bond acceptors (Lipinski definition) is 6. The van der Waals surface area contributed by atoms with Crippen LogP contribution in [0.1, 0.15) is 23.1 Å². The number of aromatic nitrogens is 6. The molecule has 0 saturated heterocycles. The molecule has 5 heterocycles. The minimum atomic E-state index is -0.154. The van der Waals surface area contributed by atoms with E-state index in [1.807, 2.05) is 39.5 Å². The Morgan fingerprint density at radius 1 is 1.17 bits per heavy atom. The zero-order valence-electron chi connectivity index (χ0n) is 15.1. The summed E-state index contributed by atoms with van der Waals surface area (Å²) in [4.78, 5) is 13.4. The first-order valence-corrected chi connectivity index (χ1v) is 9.51. The molecule has 1 unspecified atom stereocenters. The van der Waals surface area contributed by atoms with Crippen LogP contribution in [0.2, 0.25) is 5.02 Å². The van der Waals surface area contributed by atoms with Gasteiger partial charge in [-0.3, -0.25) is 9.55 Å². The molecule has 2 aliphatic heterocycles. The summed E-state index contributed by atoms with van der Waals surface area (Å²) >= 11 is 6.25. The van der Waals surface area contributed by atoms with Crippen molar-refractivity contribution in [2.75, 3.05) is 6.54 Å². The van der Waals surface area contributed by atoms with Gasteiger partial charge in [-0.15, -0.1) is 10.2 Å². The highest BCUT2D eigenvalue weighted by Crippen LogP contribution is 2.34. The molecular weight excluding hydrogens is 390 g/mol. The van der Waals surface area contributed by atoms with E-state index < -0.39 is 0 Å². The monoisotopic (exact) mass is 403 g/mol. The maximum Gasteiger partial charge on any atom is 0.238 e. The Morgan fingerprint density at radius 2 is 2.14 bits per heavy atom. The van der Waals surface area contributed by atoms with Crippen LogP contribution in [0.4, 0.5) is 0 Å².